The van der Waals surface area contributed by atoms with Gasteiger partial charge in [-0.2, -0.15) is 5.10 Å². The molecule has 1 fully saturated rings. The van der Waals surface area contributed by atoms with E-state index in [0.29, 0.717) is 31.9 Å². The van der Waals surface area contributed by atoms with Gasteiger partial charge in [0.1, 0.15) is 11.4 Å². The van der Waals surface area contributed by atoms with Gasteiger partial charge in [-0.05, 0) is 18.2 Å². The van der Waals surface area contributed by atoms with Crippen molar-refractivity contribution in [3.63, 3.8) is 0 Å². The molecule has 5 rings (SSSR count). The Bertz CT molecular complexity index is 1090. The Labute approximate surface area is 181 Å². The second-order valence-electron chi connectivity index (χ2n) is 8.95. The van der Waals surface area contributed by atoms with Gasteiger partial charge in [-0.1, -0.05) is 26.0 Å². The molecule has 31 heavy (non-hydrogen) atoms. The first-order chi connectivity index (χ1) is 14.9. The summed E-state index contributed by atoms with van der Waals surface area (Å²) in [6, 6.07) is 11.8. The third-order valence-corrected chi connectivity index (χ3v) is 5.93. The molecule has 7 heteroatoms. The van der Waals surface area contributed by atoms with Crippen molar-refractivity contribution in [1.82, 2.24) is 14.8 Å². The summed E-state index contributed by atoms with van der Waals surface area (Å²) in [5, 5.41) is 4.99. The minimum Gasteiger partial charge on any atom is -0.494 e. The van der Waals surface area contributed by atoms with Crippen molar-refractivity contribution in [2.45, 2.75) is 32.5 Å². The van der Waals surface area contributed by atoms with E-state index in [4.69, 9.17) is 24.0 Å². The molecule has 3 aromatic rings. The Morgan fingerprint density at radius 2 is 1.74 bits per heavy atom. The molecule has 1 aromatic carbocycles. The van der Waals surface area contributed by atoms with Crippen LogP contribution >= 0.6 is 0 Å². The predicted octanol–water partition coefficient (Wildman–Crippen LogP) is 3.82. The zero-order valence-electron chi connectivity index (χ0n) is 18.3. The molecule has 2 aromatic heterocycles. The van der Waals surface area contributed by atoms with Gasteiger partial charge in [0.25, 0.3) is 0 Å². The quantitative estimate of drug-likeness (QED) is 0.638. The number of nitrogens with zero attached hydrogens (tertiary/aromatic N) is 3. The molecule has 1 spiro atoms. The number of methoxy groups -OCH3 is 2. The third kappa shape index (κ3) is 3.47. The molecule has 0 radical (unpaired) electrons. The number of ether oxygens (including phenoxy) is 4. The molecule has 162 valence electrons. The number of hydrogen-bond acceptors (Lipinski definition) is 6. The van der Waals surface area contributed by atoms with Gasteiger partial charge in [-0.3, -0.25) is 0 Å². The molecule has 1 aliphatic carbocycles. The zero-order chi connectivity index (χ0) is 21.6. The molecular weight excluding hydrogens is 394 g/mol. The van der Waals surface area contributed by atoms with Crippen LogP contribution in [0.1, 0.15) is 25.1 Å². The van der Waals surface area contributed by atoms with E-state index in [2.05, 4.69) is 18.8 Å². The van der Waals surface area contributed by atoms with Gasteiger partial charge in [-0.15, -0.1) is 0 Å². The lowest BCUT2D eigenvalue weighted by Gasteiger charge is -2.41. The van der Waals surface area contributed by atoms with Gasteiger partial charge in [0.2, 0.25) is 5.88 Å². The maximum absolute atomic E-state index is 6.27. The van der Waals surface area contributed by atoms with Crippen LogP contribution < -0.4 is 9.47 Å². The zero-order valence-corrected chi connectivity index (χ0v) is 18.3. The highest BCUT2D eigenvalue weighted by atomic mass is 16.7. The molecule has 0 unspecified atom stereocenters. The summed E-state index contributed by atoms with van der Waals surface area (Å²) in [5.74, 6) is 0.691. The van der Waals surface area contributed by atoms with Gasteiger partial charge in [-0.25, -0.2) is 9.67 Å². The van der Waals surface area contributed by atoms with Gasteiger partial charge in [0.15, 0.2) is 5.79 Å². The van der Waals surface area contributed by atoms with Crippen molar-refractivity contribution in [2.75, 3.05) is 27.4 Å². The molecule has 1 saturated heterocycles. The van der Waals surface area contributed by atoms with Crippen molar-refractivity contribution in [3.05, 3.63) is 53.9 Å². The molecule has 0 N–H and O–H groups in total. The second kappa shape index (κ2) is 7.35. The first kappa shape index (κ1) is 20.0. The Morgan fingerprint density at radius 3 is 2.42 bits per heavy atom. The number of pyridine rings is 1. The van der Waals surface area contributed by atoms with Crippen LogP contribution in [0.4, 0.5) is 0 Å². The molecular formula is C24H27N3O4. The maximum atomic E-state index is 6.27. The standard InChI is InChI=1S/C24H27N3O4/c1-23(2)14-30-24(31-15-23)11-17-18(12-24)26-27(19-7-5-6-8-20(19)28-3)22(17)16-9-10-21(29-4)25-13-16/h5-10,13H,11-12,14-15H2,1-4H3. The summed E-state index contributed by atoms with van der Waals surface area (Å²) in [6.07, 6.45) is 3.09. The van der Waals surface area contributed by atoms with Crippen LogP contribution in [-0.2, 0) is 22.3 Å². The molecule has 2 aliphatic rings. The lowest BCUT2D eigenvalue weighted by Crippen LogP contribution is -2.48. The Hall–Kier alpha value is -2.90. The van der Waals surface area contributed by atoms with E-state index in [1.165, 1.54) is 0 Å². The van der Waals surface area contributed by atoms with Crippen LogP contribution in [0.5, 0.6) is 11.6 Å². The van der Waals surface area contributed by atoms with E-state index in [1.807, 2.05) is 47.3 Å². The van der Waals surface area contributed by atoms with Gasteiger partial charge >= 0.3 is 0 Å². The van der Waals surface area contributed by atoms with Gasteiger partial charge < -0.3 is 18.9 Å². The molecule has 7 nitrogen and oxygen atoms in total. The Morgan fingerprint density at radius 1 is 0.968 bits per heavy atom. The van der Waals surface area contributed by atoms with Gasteiger partial charge in [0.05, 0.1) is 38.8 Å². The highest BCUT2D eigenvalue weighted by Crippen LogP contribution is 2.44. The number of para-hydroxylation sites is 2. The first-order valence-corrected chi connectivity index (χ1v) is 10.5. The van der Waals surface area contributed by atoms with E-state index in [0.717, 1.165) is 34.0 Å². The number of hydrogen-bond donors (Lipinski definition) is 0. The lowest BCUT2D eigenvalue weighted by molar-refractivity contribution is -0.293. The fraction of sp³-hybridized carbons (Fsp3) is 0.417. The van der Waals surface area contributed by atoms with E-state index in [-0.39, 0.29) is 5.41 Å². The topological polar surface area (TPSA) is 67.6 Å². The van der Waals surface area contributed by atoms with Crippen LogP contribution in [0.25, 0.3) is 16.9 Å². The molecule has 0 bridgehead atoms. The van der Waals surface area contributed by atoms with Crippen molar-refractivity contribution in [2.24, 2.45) is 5.41 Å². The van der Waals surface area contributed by atoms with E-state index >= 15 is 0 Å². The highest BCUT2D eigenvalue weighted by molar-refractivity contribution is 5.69. The lowest BCUT2D eigenvalue weighted by atomic mass is 9.94. The summed E-state index contributed by atoms with van der Waals surface area (Å²) in [4.78, 5) is 4.42. The maximum Gasteiger partial charge on any atom is 0.212 e. The number of rotatable bonds is 4. The van der Waals surface area contributed by atoms with Crippen molar-refractivity contribution in [3.8, 4) is 28.6 Å². The van der Waals surface area contributed by atoms with Crippen LogP contribution in [0.3, 0.4) is 0 Å². The van der Waals surface area contributed by atoms with Crippen molar-refractivity contribution < 1.29 is 18.9 Å². The van der Waals surface area contributed by atoms with Crippen LogP contribution in [-0.4, -0.2) is 48.0 Å². The normalized spacial score (nSPS) is 18.7. The smallest absolute Gasteiger partial charge is 0.212 e. The highest BCUT2D eigenvalue weighted by Gasteiger charge is 2.48. The largest absolute Gasteiger partial charge is 0.494 e. The Balaban J connectivity index is 1.61. The average molecular weight is 421 g/mol. The molecule has 3 heterocycles. The summed E-state index contributed by atoms with van der Waals surface area (Å²) in [5.41, 5.74) is 4.93. The second-order valence-corrected chi connectivity index (χ2v) is 8.95. The van der Waals surface area contributed by atoms with E-state index < -0.39 is 5.79 Å². The van der Waals surface area contributed by atoms with Crippen molar-refractivity contribution in [1.29, 1.82) is 0 Å². The van der Waals surface area contributed by atoms with Crippen LogP contribution in [0, 0.1) is 5.41 Å². The number of fused-ring (bicyclic) bond motifs is 1. The first-order valence-electron chi connectivity index (χ1n) is 10.5. The Kier molecular flexibility index (Phi) is 4.75. The SMILES string of the molecule is COc1ccc(-c2c3c(nn2-c2ccccc2OC)CC2(C3)OCC(C)(C)CO2)cn1. The average Bonchev–Trinajstić information content (AvgIpc) is 3.30. The minimum absolute atomic E-state index is 0.0192. The molecule has 0 saturated carbocycles. The summed E-state index contributed by atoms with van der Waals surface area (Å²) >= 11 is 0. The third-order valence-electron chi connectivity index (χ3n) is 5.93. The van der Waals surface area contributed by atoms with E-state index in [1.54, 1.807) is 14.2 Å². The number of aromatic nitrogens is 3. The summed E-state index contributed by atoms with van der Waals surface area (Å²) < 4.78 is 25.3. The predicted molar refractivity (Wildman–Crippen MR) is 116 cm³/mol. The fourth-order valence-electron chi connectivity index (χ4n) is 4.27. The fourth-order valence-corrected chi connectivity index (χ4v) is 4.27. The van der Waals surface area contributed by atoms with Crippen molar-refractivity contribution >= 4 is 0 Å². The number of benzene rings is 1. The van der Waals surface area contributed by atoms with Gasteiger partial charge in [0, 0.05) is 41.6 Å². The van der Waals surface area contributed by atoms with Crippen LogP contribution in [0.15, 0.2) is 42.6 Å². The minimum atomic E-state index is -0.637. The molecule has 0 amide bonds. The van der Waals surface area contributed by atoms with Crippen LogP contribution in [0.2, 0.25) is 0 Å². The molecule has 0 atom stereocenters. The van der Waals surface area contributed by atoms with E-state index in [9.17, 15) is 0 Å². The summed E-state index contributed by atoms with van der Waals surface area (Å²) in [7, 11) is 3.28. The molecule has 1 aliphatic heterocycles. The monoisotopic (exact) mass is 421 g/mol. The summed E-state index contributed by atoms with van der Waals surface area (Å²) in [6.45, 7) is 5.65.